The molecule has 0 fully saturated rings. The van der Waals surface area contributed by atoms with Crippen LogP contribution in [0.5, 0.6) is 0 Å². The van der Waals surface area contributed by atoms with Gasteiger partial charge in [0.05, 0.1) is 16.6 Å². The second-order valence-electron chi connectivity index (χ2n) is 5.24. The number of aromatic amines is 1. The van der Waals surface area contributed by atoms with Crippen molar-refractivity contribution in [2.75, 3.05) is 10.6 Å². The zero-order valence-electron chi connectivity index (χ0n) is 13.3. The van der Waals surface area contributed by atoms with Crippen molar-refractivity contribution in [3.05, 3.63) is 70.5 Å². The Morgan fingerprint density at radius 1 is 1.23 bits per heavy atom. The topological polar surface area (TPSA) is 137 Å². The highest BCUT2D eigenvalue weighted by molar-refractivity contribution is 6.06. The summed E-state index contributed by atoms with van der Waals surface area (Å²) in [5, 5.41) is 32.9. The molecule has 0 aliphatic carbocycles. The van der Waals surface area contributed by atoms with Gasteiger partial charge in [-0.05, 0) is 30.3 Å². The zero-order chi connectivity index (χ0) is 18.5. The Balaban J connectivity index is 1.70. The third kappa shape index (κ3) is 3.65. The van der Waals surface area contributed by atoms with Gasteiger partial charge >= 0.3 is 0 Å². The summed E-state index contributed by atoms with van der Waals surface area (Å²) < 4.78 is 0. The van der Waals surface area contributed by atoms with Crippen LogP contribution in [-0.2, 0) is 4.79 Å². The number of anilines is 2. The number of benzene rings is 2. The zero-order valence-corrected chi connectivity index (χ0v) is 13.3. The second kappa shape index (κ2) is 7.14. The van der Waals surface area contributed by atoms with Gasteiger partial charge in [0.15, 0.2) is 0 Å². The number of nitrogens with zero attached hydrogens (tertiary/aromatic N) is 3. The summed E-state index contributed by atoms with van der Waals surface area (Å²) >= 11 is 0. The minimum atomic E-state index is -0.628. The molecule has 0 bridgehead atoms. The number of nitro groups is 1. The molecular formula is C17H12N6O3. The van der Waals surface area contributed by atoms with E-state index in [9.17, 15) is 20.2 Å². The van der Waals surface area contributed by atoms with Crippen molar-refractivity contribution in [1.29, 1.82) is 5.26 Å². The Morgan fingerprint density at radius 2 is 1.96 bits per heavy atom. The van der Waals surface area contributed by atoms with Crippen LogP contribution in [0.25, 0.3) is 10.9 Å². The van der Waals surface area contributed by atoms with E-state index in [0.29, 0.717) is 11.4 Å². The third-order valence-electron chi connectivity index (χ3n) is 3.53. The minimum absolute atomic E-state index is 0.0880. The molecule has 3 aromatic rings. The first kappa shape index (κ1) is 16.7. The minimum Gasteiger partial charge on any atom is -0.360 e. The molecule has 0 radical (unpaired) electrons. The Hall–Kier alpha value is -4.19. The number of hydrogen-bond acceptors (Lipinski definition) is 6. The van der Waals surface area contributed by atoms with E-state index in [0.717, 1.165) is 10.9 Å². The van der Waals surface area contributed by atoms with E-state index in [4.69, 9.17) is 0 Å². The lowest BCUT2D eigenvalue weighted by molar-refractivity contribution is -0.384. The average Bonchev–Trinajstić information content (AvgIpc) is 3.10. The third-order valence-corrected chi connectivity index (χ3v) is 3.53. The number of nitrogens with one attached hydrogen (secondary N) is 3. The first-order valence-corrected chi connectivity index (χ1v) is 7.42. The number of nitriles is 1. The SMILES string of the molecule is N#C/C(=C/Nc1ccc2cn[nH]c2c1)C(=O)Nc1ccc([N+](=O)[O-])cc1. The number of amides is 1. The van der Waals surface area contributed by atoms with Crippen LogP contribution in [0.1, 0.15) is 0 Å². The summed E-state index contributed by atoms with van der Waals surface area (Å²) in [7, 11) is 0. The first-order valence-electron chi connectivity index (χ1n) is 7.42. The fourth-order valence-corrected chi connectivity index (χ4v) is 2.20. The van der Waals surface area contributed by atoms with Gasteiger partial charge in [-0.3, -0.25) is 20.0 Å². The summed E-state index contributed by atoms with van der Waals surface area (Å²) in [4.78, 5) is 22.3. The number of carbonyl (C=O) groups is 1. The molecule has 3 rings (SSSR count). The van der Waals surface area contributed by atoms with Crippen LogP contribution in [0.15, 0.2) is 60.4 Å². The number of hydrogen-bond donors (Lipinski definition) is 3. The van der Waals surface area contributed by atoms with Crippen molar-refractivity contribution in [2.24, 2.45) is 0 Å². The van der Waals surface area contributed by atoms with E-state index in [2.05, 4.69) is 20.8 Å². The summed E-state index contributed by atoms with van der Waals surface area (Å²) in [6.07, 6.45) is 2.98. The van der Waals surface area contributed by atoms with Crippen molar-refractivity contribution < 1.29 is 9.72 Å². The average molecular weight is 348 g/mol. The van der Waals surface area contributed by atoms with Crippen LogP contribution < -0.4 is 10.6 Å². The smallest absolute Gasteiger partial charge is 0.269 e. The number of nitro benzene ring substituents is 1. The van der Waals surface area contributed by atoms with Gasteiger partial charge in [0.1, 0.15) is 11.6 Å². The monoisotopic (exact) mass is 348 g/mol. The number of rotatable bonds is 5. The maximum atomic E-state index is 12.2. The molecule has 0 spiro atoms. The summed E-state index contributed by atoms with van der Waals surface area (Å²) in [5.74, 6) is -0.628. The van der Waals surface area contributed by atoms with Crippen molar-refractivity contribution in [3.8, 4) is 6.07 Å². The van der Waals surface area contributed by atoms with Crippen molar-refractivity contribution in [1.82, 2.24) is 10.2 Å². The van der Waals surface area contributed by atoms with Crippen LogP contribution in [-0.4, -0.2) is 21.0 Å². The predicted molar refractivity (Wildman–Crippen MR) is 95.1 cm³/mol. The molecule has 1 heterocycles. The van der Waals surface area contributed by atoms with Gasteiger partial charge < -0.3 is 10.6 Å². The largest absolute Gasteiger partial charge is 0.360 e. The van der Waals surface area contributed by atoms with E-state index in [-0.39, 0.29) is 11.3 Å². The van der Waals surface area contributed by atoms with Crippen LogP contribution in [0, 0.1) is 21.4 Å². The molecular weight excluding hydrogens is 336 g/mol. The lowest BCUT2D eigenvalue weighted by atomic mass is 10.2. The summed E-state index contributed by atoms with van der Waals surface area (Å²) in [6, 6.07) is 12.6. The lowest BCUT2D eigenvalue weighted by Crippen LogP contribution is -2.14. The van der Waals surface area contributed by atoms with Gasteiger partial charge in [-0.15, -0.1) is 0 Å². The van der Waals surface area contributed by atoms with Crippen molar-refractivity contribution in [3.63, 3.8) is 0 Å². The highest BCUT2D eigenvalue weighted by Crippen LogP contribution is 2.18. The van der Waals surface area contributed by atoms with E-state index < -0.39 is 10.8 Å². The molecule has 0 aliphatic heterocycles. The molecule has 9 heteroatoms. The Morgan fingerprint density at radius 3 is 2.65 bits per heavy atom. The number of non-ortho nitro benzene ring substituents is 1. The summed E-state index contributed by atoms with van der Waals surface area (Å²) in [6.45, 7) is 0. The van der Waals surface area contributed by atoms with Crippen LogP contribution in [0.3, 0.4) is 0 Å². The highest BCUT2D eigenvalue weighted by atomic mass is 16.6. The van der Waals surface area contributed by atoms with Crippen LogP contribution in [0.4, 0.5) is 17.1 Å². The van der Waals surface area contributed by atoms with E-state index in [1.165, 1.54) is 30.5 Å². The summed E-state index contributed by atoms with van der Waals surface area (Å²) in [5.41, 5.74) is 1.61. The molecule has 0 atom stereocenters. The van der Waals surface area contributed by atoms with Gasteiger partial charge in [-0.1, -0.05) is 0 Å². The van der Waals surface area contributed by atoms with E-state index in [1.807, 2.05) is 12.1 Å². The Bertz CT molecular complexity index is 1050. The number of fused-ring (bicyclic) bond motifs is 1. The molecule has 128 valence electrons. The van der Waals surface area contributed by atoms with E-state index >= 15 is 0 Å². The number of aromatic nitrogens is 2. The molecule has 0 aliphatic rings. The molecule has 2 aromatic carbocycles. The second-order valence-corrected chi connectivity index (χ2v) is 5.24. The number of H-pyrrole nitrogens is 1. The molecule has 0 unspecified atom stereocenters. The van der Waals surface area contributed by atoms with Crippen LogP contribution in [0.2, 0.25) is 0 Å². The van der Waals surface area contributed by atoms with Gasteiger partial charge in [-0.2, -0.15) is 10.4 Å². The lowest BCUT2D eigenvalue weighted by Gasteiger charge is -2.05. The standard InChI is InChI=1S/C17H12N6O3/c18-8-12(9-19-14-2-1-11-10-20-22-16(11)7-14)17(24)21-13-3-5-15(6-4-13)23(25)26/h1-7,9-10,19H,(H,20,22)(H,21,24)/b12-9-. The van der Waals surface area contributed by atoms with Gasteiger partial charge in [-0.25, -0.2) is 0 Å². The number of carbonyl (C=O) groups excluding carboxylic acids is 1. The predicted octanol–water partition coefficient (Wildman–Crippen LogP) is 2.93. The molecule has 0 saturated heterocycles. The molecule has 3 N–H and O–H groups in total. The van der Waals surface area contributed by atoms with Crippen LogP contribution >= 0.6 is 0 Å². The van der Waals surface area contributed by atoms with Crippen molar-refractivity contribution >= 4 is 33.9 Å². The highest BCUT2D eigenvalue weighted by Gasteiger charge is 2.11. The molecule has 26 heavy (non-hydrogen) atoms. The first-order chi connectivity index (χ1) is 12.6. The van der Waals surface area contributed by atoms with Gasteiger partial charge in [0, 0.05) is 35.1 Å². The Kier molecular flexibility index (Phi) is 4.58. The normalized spacial score (nSPS) is 11.0. The van der Waals surface area contributed by atoms with Gasteiger partial charge in [0.25, 0.3) is 11.6 Å². The maximum absolute atomic E-state index is 12.2. The molecule has 1 aromatic heterocycles. The van der Waals surface area contributed by atoms with Crippen molar-refractivity contribution in [2.45, 2.75) is 0 Å². The quantitative estimate of drug-likeness (QED) is 0.280. The molecule has 1 amide bonds. The molecule has 0 saturated carbocycles. The van der Waals surface area contributed by atoms with Gasteiger partial charge in [0.2, 0.25) is 0 Å². The Labute approximate surface area is 147 Å². The molecule has 9 nitrogen and oxygen atoms in total. The fourth-order valence-electron chi connectivity index (χ4n) is 2.20. The fraction of sp³-hybridized carbons (Fsp3) is 0. The van der Waals surface area contributed by atoms with E-state index in [1.54, 1.807) is 18.3 Å². The maximum Gasteiger partial charge on any atom is 0.269 e.